The van der Waals surface area contributed by atoms with Crippen molar-refractivity contribution in [3.05, 3.63) is 29.0 Å². The summed E-state index contributed by atoms with van der Waals surface area (Å²) >= 11 is 5.93. The second-order valence-corrected chi connectivity index (χ2v) is 4.62. The van der Waals surface area contributed by atoms with E-state index >= 15 is 0 Å². The van der Waals surface area contributed by atoms with Gasteiger partial charge in [-0.25, -0.2) is 4.98 Å². The molecule has 0 radical (unpaired) electrons. The zero-order valence-electron chi connectivity index (χ0n) is 9.82. The zero-order valence-corrected chi connectivity index (χ0v) is 10.6. The summed E-state index contributed by atoms with van der Waals surface area (Å²) in [5.41, 5.74) is 0.474. The van der Waals surface area contributed by atoms with Crippen molar-refractivity contribution >= 4 is 17.5 Å². The van der Waals surface area contributed by atoms with E-state index in [0.29, 0.717) is 5.56 Å². The predicted octanol–water partition coefficient (Wildman–Crippen LogP) is 1.56. The van der Waals surface area contributed by atoms with E-state index < -0.39 is 0 Å². The maximum absolute atomic E-state index is 12.2. The molecule has 1 atom stereocenters. The van der Waals surface area contributed by atoms with Crippen LogP contribution in [0.3, 0.4) is 0 Å². The van der Waals surface area contributed by atoms with E-state index in [1.54, 1.807) is 23.2 Å². The highest BCUT2D eigenvalue weighted by atomic mass is 35.5. The quantitative estimate of drug-likeness (QED) is 0.814. The number of hydrogen-bond donors (Lipinski definition) is 1. The van der Waals surface area contributed by atoms with Gasteiger partial charge < -0.3 is 10.2 Å². The number of piperidine rings is 1. The first-order valence-electron chi connectivity index (χ1n) is 5.78. The van der Waals surface area contributed by atoms with E-state index in [-0.39, 0.29) is 17.1 Å². The summed E-state index contributed by atoms with van der Waals surface area (Å²) in [4.78, 5) is 17.9. The molecule has 92 valence electrons. The van der Waals surface area contributed by atoms with Gasteiger partial charge in [-0.3, -0.25) is 4.79 Å². The lowest BCUT2D eigenvalue weighted by molar-refractivity contribution is 0.0708. The van der Waals surface area contributed by atoms with Gasteiger partial charge in [0.2, 0.25) is 0 Å². The highest BCUT2D eigenvalue weighted by molar-refractivity contribution is 6.32. The molecule has 1 aromatic rings. The van der Waals surface area contributed by atoms with Gasteiger partial charge in [0.05, 0.1) is 5.56 Å². The summed E-state index contributed by atoms with van der Waals surface area (Å²) in [6, 6.07) is 3.68. The van der Waals surface area contributed by atoms with E-state index in [4.69, 9.17) is 11.6 Å². The van der Waals surface area contributed by atoms with Crippen molar-refractivity contribution in [1.82, 2.24) is 15.2 Å². The fraction of sp³-hybridized carbons (Fsp3) is 0.500. The SMILES string of the molecule is CN(C(=O)c1cccnc1Cl)[C@H]1CCCNC1. The Morgan fingerprint density at radius 3 is 3.12 bits per heavy atom. The topological polar surface area (TPSA) is 45.2 Å². The third-order valence-corrected chi connectivity index (χ3v) is 3.43. The molecule has 1 saturated heterocycles. The molecule has 4 nitrogen and oxygen atoms in total. The van der Waals surface area contributed by atoms with Gasteiger partial charge in [-0.05, 0) is 31.5 Å². The van der Waals surface area contributed by atoms with Crippen LogP contribution in [0.4, 0.5) is 0 Å². The number of nitrogens with zero attached hydrogens (tertiary/aromatic N) is 2. The van der Waals surface area contributed by atoms with Crippen molar-refractivity contribution in [2.75, 3.05) is 20.1 Å². The molecule has 1 aliphatic rings. The number of rotatable bonds is 2. The number of aromatic nitrogens is 1. The van der Waals surface area contributed by atoms with E-state index in [9.17, 15) is 4.79 Å². The fourth-order valence-electron chi connectivity index (χ4n) is 2.07. The van der Waals surface area contributed by atoms with Gasteiger partial charge in [0.1, 0.15) is 5.15 Å². The molecule has 0 unspecified atom stereocenters. The first-order chi connectivity index (χ1) is 8.20. The van der Waals surface area contributed by atoms with Gasteiger partial charge in [-0.15, -0.1) is 0 Å². The minimum absolute atomic E-state index is 0.0585. The predicted molar refractivity (Wildman–Crippen MR) is 67.2 cm³/mol. The summed E-state index contributed by atoms with van der Waals surface area (Å²) in [5.74, 6) is -0.0585. The van der Waals surface area contributed by atoms with Crippen LogP contribution >= 0.6 is 11.6 Å². The average Bonchev–Trinajstić information content (AvgIpc) is 2.39. The molecule has 0 aliphatic carbocycles. The van der Waals surface area contributed by atoms with E-state index in [1.807, 2.05) is 7.05 Å². The summed E-state index contributed by atoms with van der Waals surface area (Å²) in [6.07, 6.45) is 3.72. The average molecular weight is 254 g/mol. The molecule has 1 aliphatic heterocycles. The van der Waals surface area contributed by atoms with E-state index in [1.165, 1.54) is 0 Å². The second kappa shape index (κ2) is 5.47. The van der Waals surface area contributed by atoms with Gasteiger partial charge in [0.25, 0.3) is 5.91 Å². The monoisotopic (exact) mass is 253 g/mol. The molecule has 17 heavy (non-hydrogen) atoms. The molecule has 0 bridgehead atoms. The minimum atomic E-state index is -0.0585. The smallest absolute Gasteiger partial charge is 0.257 e. The van der Waals surface area contributed by atoms with Crippen LogP contribution in [-0.4, -0.2) is 42.0 Å². The van der Waals surface area contributed by atoms with Crippen LogP contribution < -0.4 is 5.32 Å². The lowest BCUT2D eigenvalue weighted by Gasteiger charge is -2.31. The van der Waals surface area contributed by atoms with Crippen LogP contribution in [0.2, 0.25) is 5.15 Å². The maximum atomic E-state index is 12.2. The van der Waals surface area contributed by atoms with E-state index in [0.717, 1.165) is 25.9 Å². The lowest BCUT2D eigenvalue weighted by atomic mass is 10.1. The van der Waals surface area contributed by atoms with Crippen molar-refractivity contribution in [1.29, 1.82) is 0 Å². The van der Waals surface area contributed by atoms with Crippen LogP contribution in [0, 0.1) is 0 Å². The number of carbonyl (C=O) groups is 1. The zero-order chi connectivity index (χ0) is 12.3. The van der Waals surface area contributed by atoms with Gasteiger partial charge in [-0.2, -0.15) is 0 Å². The molecule has 1 aromatic heterocycles. The number of amides is 1. The van der Waals surface area contributed by atoms with Gasteiger partial charge in [-0.1, -0.05) is 11.6 Å². The van der Waals surface area contributed by atoms with Crippen LogP contribution in [0.1, 0.15) is 23.2 Å². The Bertz CT molecular complexity index is 404. The molecule has 0 saturated carbocycles. The molecular formula is C12H16ClN3O. The first kappa shape index (κ1) is 12.3. The van der Waals surface area contributed by atoms with Crippen molar-refractivity contribution in [3.8, 4) is 0 Å². The Morgan fingerprint density at radius 2 is 2.47 bits per heavy atom. The molecule has 2 rings (SSSR count). The number of likely N-dealkylation sites (N-methyl/N-ethyl adjacent to an activating group) is 1. The normalized spacial score (nSPS) is 20.0. The van der Waals surface area contributed by atoms with Crippen LogP contribution in [0.5, 0.6) is 0 Å². The van der Waals surface area contributed by atoms with Crippen molar-refractivity contribution in [3.63, 3.8) is 0 Å². The molecule has 0 aromatic carbocycles. The minimum Gasteiger partial charge on any atom is -0.337 e. The lowest BCUT2D eigenvalue weighted by Crippen LogP contribution is -2.46. The van der Waals surface area contributed by atoms with Gasteiger partial charge >= 0.3 is 0 Å². The largest absolute Gasteiger partial charge is 0.337 e. The van der Waals surface area contributed by atoms with Crippen molar-refractivity contribution in [2.24, 2.45) is 0 Å². The molecule has 1 N–H and O–H groups in total. The highest BCUT2D eigenvalue weighted by Crippen LogP contribution is 2.17. The molecular weight excluding hydrogens is 238 g/mol. The van der Waals surface area contributed by atoms with Crippen LogP contribution in [0.15, 0.2) is 18.3 Å². The summed E-state index contributed by atoms with van der Waals surface area (Å²) in [5, 5.41) is 3.57. The van der Waals surface area contributed by atoms with Gasteiger partial charge in [0, 0.05) is 25.8 Å². The number of nitrogens with one attached hydrogen (secondary N) is 1. The number of halogens is 1. The molecule has 1 amide bonds. The molecule has 5 heteroatoms. The number of carbonyl (C=O) groups excluding carboxylic acids is 1. The summed E-state index contributed by atoms with van der Waals surface area (Å²) < 4.78 is 0. The Labute approximate surface area is 106 Å². The van der Waals surface area contributed by atoms with Crippen molar-refractivity contribution in [2.45, 2.75) is 18.9 Å². The first-order valence-corrected chi connectivity index (χ1v) is 6.16. The Hall–Kier alpha value is -1.13. The van der Waals surface area contributed by atoms with Crippen LogP contribution in [0.25, 0.3) is 0 Å². The third kappa shape index (κ3) is 2.76. The van der Waals surface area contributed by atoms with Crippen molar-refractivity contribution < 1.29 is 4.79 Å². The maximum Gasteiger partial charge on any atom is 0.257 e. The Kier molecular flexibility index (Phi) is 3.97. The molecule has 0 spiro atoms. The fourth-order valence-corrected chi connectivity index (χ4v) is 2.27. The number of pyridine rings is 1. The highest BCUT2D eigenvalue weighted by Gasteiger charge is 2.24. The second-order valence-electron chi connectivity index (χ2n) is 4.26. The van der Waals surface area contributed by atoms with Crippen LogP contribution in [-0.2, 0) is 0 Å². The Morgan fingerprint density at radius 1 is 1.65 bits per heavy atom. The standard InChI is InChI=1S/C12H16ClN3O/c1-16(9-4-2-6-14-8-9)12(17)10-5-3-7-15-11(10)13/h3,5,7,9,14H,2,4,6,8H2,1H3/t9-/m0/s1. The Balaban J connectivity index is 2.11. The third-order valence-electron chi connectivity index (χ3n) is 3.13. The summed E-state index contributed by atoms with van der Waals surface area (Å²) in [7, 11) is 1.82. The van der Waals surface area contributed by atoms with E-state index in [2.05, 4.69) is 10.3 Å². The molecule has 2 heterocycles. The van der Waals surface area contributed by atoms with Gasteiger partial charge in [0.15, 0.2) is 0 Å². The molecule has 1 fully saturated rings. The summed E-state index contributed by atoms with van der Waals surface area (Å²) in [6.45, 7) is 1.88. The number of hydrogen-bond acceptors (Lipinski definition) is 3.